The molecule has 0 amide bonds. The summed E-state index contributed by atoms with van der Waals surface area (Å²) in [7, 11) is -3.43. The molecular formula is C18H24N4O2S. The lowest BCUT2D eigenvalue weighted by Gasteiger charge is -2.27. The standard InChI is InChI=1S/C18H24N4O2S/c1-15-6-5-7-16(12-15)14-25(23,24)20-13-17-19-9-8-18(21-17)22-10-3-2-4-11-22/h5-9,12,20H,2-4,10-11,13-14H2,1H3. The van der Waals surface area contributed by atoms with Crippen molar-refractivity contribution in [3.05, 3.63) is 53.5 Å². The van der Waals surface area contributed by atoms with Crippen LogP contribution in [0.3, 0.4) is 0 Å². The Bertz CT molecular complexity index is 817. The average molecular weight is 360 g/mol. The Hall–Kier alpha value is -1.99. The maximum atomic E-state index is 12.3. The van der Waals surface area contributed by atoms with Gasteiger partial charge in [-0.05, 0) is 37.8 Å². The molecular weight excluding hydrogens is 336 g/mol. The molecule has 1 saturated heterocycles. The summed E-state index contributed by atoms with van der Waals surface area (Å²) in [6.45, 7) is 4.05. The van der Waals surface area contributed by atoms with E-state index in [9.17, 15) is 8.42 Å². The zero-order valence-electron chi connectivity index (χ0n) is 14.5. The monoisotopic (exact) mass is 360 g/mol. The van der Waals surface area contributed by atoms with Crippen LogP contribution < -0.4 is 9.62 Å². The number of nitrogens with one attached hydrogen (secondary N) is 1. The van der Waals surface area contributed by atoms with E-state index in [4.69, 9.17) is 0 Å². The number of sulfonamides is 1. The highest BCUT2D eigenvalue weighted by Crippen LogP contribution is 2.17. The SMILES string of the molecule is Cc1cccc(CS(=O)(=O)NCc2nccc(N3CCCCC3)n2)c1. The third kappa shape index (κ3) is 5.24. The van der Waals surface area contributed by atoms with Crippen LogP contribution in [0.1, 0.15) is 36.2 Å². The van der Waals surface area contributed by atoms with Crippen LogP contribution in [0.25, 0.3) is 0 Å². The van der Waals surface area contributed by atoms with E-state index in [-0.39, 0.29) is 12.3 Å². The first kappa shape index (κ1) is 17.8. The molecule has 134 valence electrons. The molecule has 0 saturated carbocycles. The topological polar surface area (TPSA) is 75.2 Å². The smallest absolute Gasteiger partial charge is 0.216 e. The Kier molecular flexibility index (Phi) is 5.65. The maximum Gasteiger partial charge on any atom is 0.216 e. The largest absolute Gasteiger partial charge is 0.357 e. The van der Waals surface area contributed by atoms with Gasteiger partial charge in [0.2, 0.25) is 10.0 Å². The van der Waals surface area contributed by atoms with Crippen molar-refractivity contribution in [1.82, 2.24) is 14.7 Å². The summed E-state index contributed by atoms with van der Waals surface area (Å²) in [6, 6.07) is 9.40. The lowest BCUT2D eigenvalue weighted by molar-refractivity contribution is 0.569. The van der Waals surface area contributed by atoms with Crippen LogP contribution in [0, 0.1) is 6.92 Å². The molecule has 1 aliphatic heterocycles. The minimum atomic E-state index is -3.43. The van der Waals surface area contributed by atoms with Crippen molar-refractivity contribution in [2.75, 3.05) is 18.0 Å². The average Bonchev–Trinajstić information content (AvgIpc) is 2.61. The Morgan fingerprint density at radius 3 is 2.72 bits per heavy atom. The van der Waals surface area contributed by atoms with Gasteiger partial charge in [-0.15, -0.1) is 0 Å². The molecule has 0 spiro atoms. The summed E-state index contributed by atoms with van der Waals surface area (Å²) in [6.07, 6.45) is 5.29. The summed E-state index contributed by atoms with van der Waals surface area (Å²) in [5.41, 5.74) is 1.82. The fraction of sp³-hybridized carbons (Fsp3) is 0.444. The molecule has 1 aromatic heterocycles. The molecule has 1 aromatic carbocycles. The van der Waals surface area contributed by atoms with E-state index in [0.717, 1.165) is 30.0 Å². The summed E-state index contributed by atoms with van der Waals surface area (Å²) < 4.78 is 27.2. The Balaban J connectivity index is 1.62. The summed E-state index contributed by atoms with van der Waals surface area (Å²) >= 11 is 0. The second-order valence-corrected chi connectivity index (χ2v) is 8.25. The molecule has 0 radical (unpaired) electrons. The minimum absolute atomic E-state index is 0.0412. The van der Waals surface area contributed by atoms with E-state index in [0.29, 0.717) is 5.82 Å². The molecule has 2 heterocycles. The molecule has 6 nitrogen and oxygen atoms in total. The molecule has 0 bridgehead atoms. The van der Waals surface area contributed by atoms with Gasteiger partial charge in [-0.2, -0.15) is 0 Å². The predicted molar refractivity (Wildman–Crippen MR) is 98.7 cm³/mol. The molecule has 7 heteroatoms. The predicted octanol–water partition coefficient (Wildman–Crippen LogP) is 2.39. The minimum Gasteiger partial charge on any atom is -0.357 e. The van der Waals surface area contributed by atoms with Gasteiger partial charge in [-0.1, -0.05) is 29.8 Å². The van der Waals surface area contributed by atoms with E-state index in [2.05, 4.69) is 19.6 Å². The van der Waals surface area contributed by atoms with Crippen molar-refractivity contribution in [2.24, 2.45) is 0 Å². The highest BCUT2D eigenvalue weighted by atomic mass is 32.2. The summed E-state index contributed by atoms with van der Waals surface area (Å²) in [4.78, 5) is 10.9. The van der Waals surface area contributed by atoms with Gasteiger partial charge in [0, 0.05) is 19.3 Å². The van der Waals surface area contributed by atoms with Gasteiger partial charge < -0.3 is 4.90 Å². The first-order chi connectivity index (χ1) is 12.0. The van der Waals surface area contributed by atoms with Gasteiger partial charge in [-0.3, -0.25) is 0 Å². The van der Waals surface area contributed by atoms with Gasteiger partial charge in [0.15, 0.2) is 0 Å². The number of hydrogen-bond acceptors (Lipinski definition) is 5. The van der Waals surface area contributed by atoms with Crippen LogP contribution in [0.15, 0.2) is 36.5 Å². The Morgan fingerprint density at radius 2 is 1.96 bits per heavy atom. The van der Waals surface area contributed by atoms with Crippen molar-refractivity contribution >= 4 is 15.8 Å². The van der Waals surface area contributed by atoms with Gasteiger partial charge in [0.1, 0.15) is 11.6 Å². The highest BCUT2D eigenvalue weighted by molar-refractivity contribution is 7.88. The van der Waals surface area contributed by atoms with Gasteiger partial charge in [0.05, 0.1) is 12.3 Å². The number of piperidine rings is 1. The van der Waals surface area contributed by atoms with Crippen LogP contribution in [0.2, 0.25) is 0 Å². The lowest BCUT2D eigenvalue weighted by atomic mass is 10.1. The molecule has 0 unspecified atom stereocenters. The van der Waals surface area contributed by atoms with E-state index in [1.165, 1.54) is 19.3 Å². The van der Waals surface area contributed by atoms with Crippen LogP contribution in [0.5, 0.6) is 0 Å². The molecule has 2 aromatic rings. The van der Waals surface area contributed by atoms with Gasteiger partial charge >= 0.3 is 0 Å². The molecule has 0 aliphatic carbocycles. The van der Waals surface area contributed by atoms with Crippen molar-refractivity contribution in [3.63, 3.8) is 0 Å². The molecule has 1 aliphatic rings. The van der Waals surface area contributed by atoms with Crippen molar-refractivity contribution in [1.29, 1.82) is 0 Å². The second-order valence-electron chi connectivity index (χ2n) is 6.45. The second kappa shape index (κ2) is 7.93. The van der Waals surface area contributed by atoms with E-state index in [1.54, 1.807) is 6.20 Å². The third-order valence-corrected chi connectivity index (χ3v) is 5.56. The summed E-state index contributed by atoms with van der Waals surface area (Å²) in [5, 5.41) is 0. The lowest BCUT2D eigenvalue weighted by Crippen LogP contribution is -2.31. The Labute approximate surface area is 149 Å². The highest BCUT2D eigenvalue weighted by Gasteiger charge is 2.15. The van der Waals surface area contributed by atoms with Crippen molar-refractivity contribution in [2.45, 2.75) is 38.5 Å². The van der Waals surface area contributed by atoms with Crippen LogP contribution in [0.4, 0.5) is 5.82 Å². The fourth-order valence-electron chi connectivity index (χ4n) is 3.02. The first-order valence-corrected chi connectivity index (χ1v) is 10.3. The molecule has 3 rings (SSSR count). The quantitative estimate of drug-likeness (QED) is 0.856. The normalized spacial score (nSPS) is 15.3. The van der Waals surface area contributed by atoms with Crippen LogP contribution in [-0.2, 0) is 22.3 Å². The number of aromatic nitrogens is 2. The van der Waals surface area contributed by atoms with Crippen LogP contribution in [-0.4, -0.2) is 31.5 Å². The number of nitrogens with zero attached hydrogens (tertiary/aromatic N) is 3. The zero-order chi connectivity index (χ0) is 17.7. The zero-order valence-corrected chi connectivity index (χ0v) is 15.3. The number of rotatable bonds is 6. The number of anilines is 1. The summed E-state index contributed by atoms with van der Waals surface area (Å²) in [5.74, 6) is 1.33. The molecule has 1 fully saturated rings. The van der Waals surface area contributed by atoms with Crippen molar-refractivity contribution in [3.8, 4) is 0 Å². The van der Waals surface area contributed by atoms with Gasteiger partial charge in [-0.25, -0.2) is 23.1 Å². The van der Waals surface area contributed by atoms with E-state index < -0.39 is 10.0 Å². The van der Waals surface area contributed by atoms with E-state index in [1.807, 2.05) is 37.3 Å². The van der Waals surface area contributed by atoms with Gasteiger partial charge in [0.25, 0.3) is 0 Å². The number of benzene rings is 1. The molecule has 0 atom stereocenters. The maximum absolute atomic E-state index is 12.3. The first-order valence-electron chi connectivity index (χ1n) is 8.62. The van der Waals surface area contributed by atoms with Crippen LogP contribution >= 0.6 is 0 Å². The molecule has 1 N–H and O–H groups in total. The third-order valence-electron chi connectivity index (χ3n) is 4.26. The molecule has 25 heavy (non-hydrogen) atoms. The van der Waals surface area contributed by atoms with Crippen molar-refractivity contribution < 1.29 is 8.42 Å². The fourth-order valence-corrected chi connectivity index (χ4v) is 4.09. The number of aryl methyl sites for hydroxylation is 1. The Morgan fingerprint density at radius 1 is 1.16 bits per heavy atom. The number of hydrogen-bond donors (Lipinski definition) is 1. The van der Waals surface area contributed by atoms with E-state index >= 15 is 0 Å².